The van der Waals surface area contributed by atoms with Crippen LogP contribution in [0.5, 0.6) is 5.75 Å². The molecule has 0 unspecified atom stereocenters. The van der Waals surface area contributed by atoms with Gasteiger partial charge in [-0.05, 0) is 50.3 Å². The third kappa shape index (κ3) is 7.08. The summed E-state index contributed by atoms with van der Waals surface area (Å²) in [4.78, 5) is 2.05. The van der Waals surface area contributed by atoms with Crippen LogP contribution in [0.15, 0.2) is 47.4 Å². The van der Waals surface area contributed by atoms with Crippen molar-refractivity contribution in [3.8, 4) is 17.6 Å². The van der Waals surface area contributed by atoms with Gasteiger partial charge in [0, 0.05) is 37.0 Å². The molecule has 0 spiro atoms. The molecule has 7 nitrogen and oxygen atoms in total. The maximum absolute atomic E-state index is 13.3. The number of alkyl halides is 3. The Morgan fingerprint density at radius 2 is 1.86 bits per heavy atom. The molecule has 36 heavy (non-hydrogen) atoms. The van der Waals surface area contributed by atoms with Gasteiger partial charge in [0.1, 0.15) is 18.9 Å². The Bertz CT molecular complexity index is 1390. The summed E-state index contributed by atoms with van der Waals surface area (Å²) in [5.41, 5.74) is 1.91. The minimum absolute atomic E-state index is 0.106. The molecule has 0 saturated heterocycles. The van der Waals surface area contributed by atoms with E-state index in [0.29, 0.717) is 41.2 Å². The highest BCUT2D eigenvalue weighted by molar-refractivity contribution is 7.90. The predicted octanol–water partition coefficient (Wildman–Crippen LogP) is 4.05. The van der Waals surface area contributed by atoms with Crippen molar-refractivity contribution in [1.82, 2.24) is 9.47 Å². The number of ether oxygens (including phenoxy) is 1. The second-order valence-electron chi connectivity index (χ2n) is 8.46. The number of halogens is 3. The molecule has 0 amide bonds. The molecule has 0 saturated carbocycles. The van der Waals surface area contributed by atoms with Gasteiger partial charge >= 0.3 is 6.18 Å². The lowest BCUT2D eigenvalue weighted by Gasteiger charge is -2.15. The molecule has 11 heteroatoms. The normalized spacial score (nSPS) is 11.9. The highest BCUT2D eigenvalue weighted by Gasteiger charge is 2.29. The van der Waals surface area contributed by atoms with E-state index >= 15 is 0 Å². The topological polar surface area (TPSA) is 75.6 Å². The van der Waals surface area contributed by atoms with E-state index in [1.807, 2.05) is 19.0 Å². The quantitative estimate of drug-likeness (QED) is 0.413. The van der Waals surface area contributed by atoms with Crippen molar-refractivity contribution in [2.24, 2.45) is 0 Å². The van der Waals surface area contributed by atoms with Crippen LogP contribution in [0, 0.1) is 11.8 Å². The van der Waals surface area contributed by atoms with Gasteiger partial charge in [-0.3, -0.25) is 0 Å². The van der Waals surface area contributed by atoms with Gasteiger partial charge in [-0.2, -0.15) is 13.2 Å². The lowest BCUT2D eigenvalue weighted by molar-refractivity contribution is -0.140. The van der Waals surface area contributed by atoms with Gasteiger partial charge < -0.3 is 24.8 Å². The van der Waals surface area contributed by atoms with Crippen LogP contribution in [0.25, 0.3) is 10.9 Å². The van der Waals surface area contributed by atoms with E-state index in [1.54, 1.807) is 37.4 Å². The number of hydrogen-bond acceptors (Lipinski definition) is 6. The number of aromatic nitrogens is 1. The predicted molar refractivity (Wildman–Crippen MR) is 137 cm³/mol. The van der Waals surface area contributed by atoms with E-state index in [1.165, 1.54) is 12.1 Å². The van der Waals surface area contributed by atoms with Gasteiger partial charge in [0.05, 0.1) is 28.3 Å². The molecule has 3 aromatic rings. The Morgan fingerprint density at radius 1 is 1.11 bits per heavy atom. The van der Waals surface area contributed by atoms with Crippen molar-refractivity contribution < 1.29 is 26.3 Å². The largest absolute Gasteiger partial charge is 0.490 e. The number of hydrogen-bond donors (Lipinski definition) is 2. The highest BCUT2D eigenvalue weighted by Crippen LogP contribution is 2.30. The summed E-state index contributed by atoms with van der Waals surface area (Å²) in [6, 6.07) is 11.2. The SMILES string of the molecule is CNc1cccc2c1cc(C#CCNc1ccc(S(C)(=O)=O)cc1OCCN(C)C)n2CC(F)(F)F. The van der Waals surface area contributed by atoms with E-state index in [9.17, 15) is 21.6 Å². The minimum atomic E-state index is -4.41. The highest BCUT2D eigenvalue weighted by atomic mass is 32.2. The Labute approximate surface area is 209 Å². The van der Waals surface area contributed by atoms with Crippen LogP contribution in [0.2, 0.25) is 0 Å². The van der Waals surface area contributed by atoms with Crippen molar-refractivity contribution in [1.29, 1.82) is 0 Å². The molecule has 0 radical (unpaired) electrons. The first-order valence-electron chi connectivity index (χ1n) is 11.1. The van der Waals surface area contributed by atoms with Crippen LogP contribution in [0.4, 0.5) is 24.5 Å². The van der Waals surface area contributed by atoms with Crippen LogP contribution >= 0.6 is 0 Å². The molecule has 0 fully saturated rings. The standard InChI is InChI=1S/C25H29F3N4O3S/c1-29-21-8-5-9-23-20(21)15-18(32(23)17-25(26,27)28)7-6-12-30-22-11-10-19(36(4,33)34)16-24(22)35-14-13-31(2)3/h5,8-11,15-16,29-30H,12-14,17H2,1-4H3. The van der Waals surface area contributed by atoms with Crippen molar-refractivity contribution in [3.63, 3.8) is 0 Å². The lowest BCUT2D eigenvalue weighted by Crippen LogP contribution is -2.20. The number of likely N-dealkylation sites (N-methyl/N-ethyl adjacent to an activating group) is 1. The molecule has 0 bridgehead atoms. The number of anilines is 2. The molecule has 0 atom stereocenters. The molecule has 0 aliphatic carbocycles. The number of rotatable bonds is 9. The third-order valence-corrected chi connectivity index (χ3v) is 6.42. The Morgan fingerprint density at radius 3 is 2.50 bits per heavy atom. The Kier molecular flexibility index (Phi) is 8.43. The van der Waals surface area contributed by atoms with Crippen molar-refractivity contribution in [3.05, 3.63) is 48.2 Å². The molecule has 1 heterocycles. The number of nitrogens with zero attached hydrogens (tertiary/aromatic N) is 2. The van der Waals surface area contributed by atoms with E-state index in [0.717, 1.165) is 10.8 Å². The fourth-order valence-electron chi connectivity index (χ4n) is 3.57. The zero-order chi connectivity index (χ0) is 26.5. The first-order chi connectivity index (χ1) is 16.9. The van der Waals surface area contributed by atoms with E-state index in [-0.39, 0.29) is 17.1 Å². The second kappa shape index (κ2) is 11.1. The van der Waals surface area contributed by atoms with Crippen LogP contribution < -0.4 is 15.4 Å². The van der Waals surface area contributed by atoms with E-state index in [2.05, 4.69) is 22.5 Å². The summed E-state index contributed by atoms with van der Waals surface area (Å²) >= 11 is 0. The fraction of sp³-hybridized carbons (Fsp3) is 0.360. The molecule has 0 aliphatic rings. The Hall–Kier alpha value is -3.36. The minimum Gasteiger partial charge on any atom is -0.490 e. The Balaban J connectivity index is 1.87. The molecule has 2 aromatic carbocycles. The van der Waals surface area contributed by atoms with Gasteiger partial charge in [-0.1, -0.05) is 12.0 Å². The summed E-state index contributed by atoms with van der Waals surface area (Å²) < 4.78 is 70.7. The zero-order valence-electron chi connectivity index (χ0n) is 20.5. The summed E-state index contributed by atoms with van der Waals surface area (Å²) in [7, 11) is 2.06. The van der Waals surface area contributed by atoms with E-state index in [4.69, 9.17) is 4.74 Å². The average molecular weight is 523 g/mol. The number of benzene rings is 2. The van der Waals surface area contributed by atoms with Crippen LogP contribution in [0.1, 0.15) is 5.69 Å². The van der Waals surface area contributed by atoms with Gasteiger partial charge in [0.2, 0.25) is 0 Å². The van der Waals surface area contributed by atoms with Crippen molar-refractivity contribution >= 4 is 32.1 Å². The maximum Gasteiger partial charge on any atom is 0.406 e. The second-order valence-corrected chi connectivity index (χ2v) is 10.5. The number of sulfone groups is 1. The average Bonchev–Trinajstić information content (AvgIpc) is 3.12. The molecule has 0 aliphatic heterocycles. The lowest BCUT2D eigenvalue weighted by atomic mass is 10.2. The molecule has 1 aromatic heterocycles. The van der Waals surface area contributed by atoms with Crippen LogP contribution in [0.3, 0.4) is 0 Å². The smallest absolute Gasteiger partial charge is 0.406 e. The van der Waals surface area contributed by atoms with Crippen molar-refractivity contribution in [2.45, 2.75) is 17.6 Å². The maximum atomic E-state index is 13.3. The molecular weight excluding hydrogens is 493 g/mol. The first kappa shape index (κ1) is 27.2. The molecular formula is C25H29F3N4O3S. The molecule has 3 rings (SSSR count). The third-order valence-electron chi connectivity index (χ3n) is 5.31. The van der Waals surface area contributed by atoms with Crippen LogP contribution in [-0.2, 0) is 16.4 Å². The number of nitrogens with one attached hydrogen (secondary N) is 2. The first-order valence-corrected chi connectivity index (χ1v) is 13.0. The summed E-state index contributed by atoms with van der Waals surface area (Å²) in [6.45, 7) is -0.0841. The number of fused-ring (bicyclic) bond motifs is 1. The zero-order valence-corrected chi connectivity index (χ0v) is 21.3. The summed E-state index contributed by atoms with van der Waals surface area (Å²) in [6.07, 6.45) is -3.29. The van der Waals surface area contributed by atoms with Gasteiger partial charge in [0.15, 0.2) is 9.84 Å². The molecule has 2 N–H and O–H groups in total. The monoisotopic (exact) mass is 522 g/mol. The van der Waals surface area contributed by atoms with Gasteiger partial charge in [-0.15, -0.1) is 0 Å². The van der Waals surface area contributed by atoms with Crippen LogP contribution in [-0.4, -0.2) is 71.2 Å². The van der Waals surface area contributed by atoms with Gasteiger partial charge in [-0.25, -0.2) is 8.42 Å². The summed E-state index contributed by atoms with van der Waals surface area (Å²) in [5, 5.41) is 6.71. The molecule has 194 valence electrons. The van der Waals surface area contributed by atoms with E-state index < -0.39 is 22.6 Å². The van der Waals surface area contributed by atoms with Gasteiger partial charge in [0.25, 0.3) is 0 Å². The van der Waals surface area contributed by atoms with Crippen molar-refractivity contribution in [2.75, 3.05) is 57.7 Å². The summed E-state index contributed by atoms with van der Waals surface area (Å²) in [5.74, 6) is 6.06. The fourth-order valence-corrected chi connectivity index (χ4v) is 4.20.